The zero-order valence-electron chi connectivity index (χ0n) is 25.9. The minimum atomic E-state index is -1.94. The zero-order chi connectivity index (χ0) is 32.8. The first-order valence-electron chi connectivity index (χ1n) is 16.3. The van der Waals surface area contributed by atoms with Crippen LogP contribution in [0.3, 0.4) is 0 Å². The van der Waals surface area contributed by atoms with Gasteiger partial charge in [0.15, 0.2) is 9.75 Å². The molecule has 3 heterocycles. The summed E-state index contributed by atoms with van der Waals surface area (Å²) in [6.45, 7) is 2.35. The molecule has 3 aromatic carbocycles. The maximum atomic E-state index is 14.4. The van der Waals surface area contributed by atoms with Crippen LogP contribution in [-0.2, 0) is 25.7 Å². The molecule has 10 heteroatoms. The normalized spacial score (nSPS) is 32.9. The number of likely N-dealkylation sites (tertiary alicyclic amines) is 3. The van der Waals surface area contributed by atoms with Gasteiger partial charge in [-0.3, -0.25) is 33.9 Å². The van der Waals surface area contributed by atoms with Gasteiger partial charge < -0.3 is 5.11 Å². The van der Waals surface area contributed by atoms with Gasteiger partial charge in [-0.1, -0.05) is 78.4 Å². The van der Waals surface area contributed by atoms with E-state index in [4.69, 9.17) is 23.2 Å². The van der Waals surface area contributed by atoms with Crippen LogP contribution in [0.15, 0.2) is 78.4 Å². The van der Waals surface area contributed by atoms with Crippen LogP contribution in [0, 0.1) is 17.8 Å². The van der Waals surface area contributed by atoms with E-state index in [0.29, 0.717) is 35.8 Å². The molecule has 3 aromatic rings. The summed E-state index contributed by atoms with van der Waals surface area (Å²) in [7, 11) is 1.37. The number of halogens is 2. The van der Waals surface area contributed by atoms with E-state index in [-0.39, 0.29) is 30.0 Å². The summed E-state index contributed by atoms with van der Waals surface area (Å²) in [6.07, 6.45) is 3.52. The van der Waals surface area contributed by atoms with Crippen molar-refractivity contribution < 1.29 is 24.3 Å². The number of alkyl halides is 2. The number of imide groups is 2. The number of phenols is 1. The highest BCUT2D eigenvalue weighted by molar-refractivity contribution is 6.53. The van der Waals surface area contributed by atoms with E-state index in [2.05, 4.69) is 17.0 Å². The van der Waals surface area contributed by atoms with Gasteiger partial charge in [-0.05, 0) is 42.6 Å². The lowest BCUT2D eigenvalue weighted by molar-refractivity contribution is -0.144. The summed E-state index contributed by atoms with van der Waals surface area (Å²) in [4.78, 5) is 57.1. The smallest absolute Gasteiger partial charge is 0.253 e. The van der Waals surface area contributed by atoms with Gasteiger partial charge in [0.2, 0.25) is 11.8 Å². The molecule has 0 spiro atoms. The van der Waals surface area contributed by atoms with Crippen LogP contribution in [0.25, 0.3) is 10.8 Å². The molecular formula is C37H35Cl2N3O5. The molecule has 1 N–H and O–H groups in total. The lowest BCUT2D eigenvalue weighted by atomic mass is 9.56. The van der Waals surface area contributed by atoms with Gasteiger partial charge in [-0.25, -0.2) is 0 Å². The maximum absolute atomic E-state index is 14.4. The standard InChI is InChI=1S/C37H35Cl2N3O5/c1-40-34(46)36(38)19-28-25(30(37(36,39)35(40)47)27-12-11-22-9-5-6-10-24(22)31(27)43)13-14-26-29(28)33(45)42(32(26)44)23-15-17-41(18-16-23)20-21-7-3-2-4-8-21/h2-13,23,26,28-30,43H,14-20H2,1H3/t26-,28+,29-,30+,36+,37-/m0/s1. The van der Waals surface area contributed by atoms with Crippen molar-refractivity contribution in [2.24, 2.45) is 17.8 Å². The molecule has 4 fully saturated rings. The third kappa shape index (κ3) is 4.23. The average Bonchev–Trinajstić information content (AvgIpc) is 3.41. The van der Waals surface area contributed by atoms with E-state index in [9.17, 15) is 24.3 Å². The number of fused-ring (bicyclic) bond motifs is 5. The Balaban J connectivity index is 1.15. The van der Waals surface area contributed by atoms with Crippen molar-refractivity contribution in [3.05, 3.63) is 89.5 Å². The van der Waals surface area contributed by atoms with E-state index >= 15 is 0 Å². The fraction of sp³-hybridized carbons (Fsp3) is 0.405. The Kier molecular flexibility index (Phi) is 7.10. The number of hydrogen-bond donors (Lipinski definition) is 1. The summed E-state index contributed by atoms with van der Waals surface area (Å²) >= 11 is 14.6. The number of amides is 4. The summed E-state index contributed by atoms with van der Waals surface area (Å²) in [6, 6.07) is 20.9. The van der Waals surface area contributed by atoms with Gasteiger partial charge in [0.05, 0.1) is 11.8 Å². The Labute approximate surface area is 282 Å². The highest BCUT2D eigenvalue weighted by atomic mass is 35.5. The number of phenolic OH excluding ortho intramolecular Hbond substituents is 1. The topological polar surface area (TPSA) is 98.2 Å². The van der Waals surface area contributed by atoms with Crippen molar-refractivity contribution in [2.75, 3.05) is 20.1 Å². The fourth-order valence-electron chi connectivity index (χ4n) is 9.16. The number of rotatable bonds is 4. The first-order valence-corrected chi connectivity index (χ1v) is 17.1. The number of carbonyl (C=O) groups is 4. The van der Waals surface area contributed by atoms with E-state index in [1.807, 2.05) is 48.5 Å². The van der Waals surface area contributed by atoms with Gasteiger partial charge in [0.25, 0.3) is 11.8 Å². The second-order valence-corrected chi connectivity index (χ2v) is 15.0. The first-order chi connectivity index (χ1) is 22.6. The van der Waals surface area contributed by atoms with Crippen molar-refractivity contribution >= 4 is 57.6 Å². The number of aromatic hydroxyl groups is 1. The van der Waals surface area contributed by atoms with Gasteiger partial charge in [0, 0.05) is 49.6 Å². The van der Waals surface area contributed by atoms with Gasteiger partial charge >= 0.3 is 0 Å². The summed E-state index contributed by atoms with van der Waals surface area (Å²) in [5.41, 5.74) is 2.28. The summed E-state index contributed by atoms with van der Waals surface area (Å²) in [5, 5.41) is 13.0. The number of carbonyl (C=O) groups excluding carboxylic acids is 4. The first kappa shape index (κ1) is 30.6. The number of piperidine rings is 1. The van der Waals surface area contributed by atoms with Crippen LogP contribution >= 0.6 is 23.2 Å². The molecule has 242 valence electrons. The van der Waals surface area contributed by atoms with Gasteiger partial charge in [-0.2, -0.15) is 0 Å². The molecule has 4 amide bonds. The van der Waals surface area contributed by atoms with Crippen LogP contribution < -0.4 is 0 Å². The monoisotopic (exact) mass is 671 g/mol. The zero-order valence-corrected chi connectivity index (χ0v) is 27.5. The number of benzene rings is 3. The average molecular weight is 673 g/mol. The summed E-state index contributed by atoms with van der Waals surface area (Å²) < 4.78 is 0. The van der Waals surface area contributed by atoms with E-state index in [0.717, 1.165) is 29.9 Å². The maximum Gasteiger partial charge on any atom is 0.253 e. The third-order valence-electron chi connectivity index (χ3n) is 11.5. The van der Waals surface area contributed by atoms with Crippen LogP contribution in [-0.4, -0.2) is 79.4 Å². The lowest BCUT2D eigenvalue weighted by Gasteiger charge is -2.50. The highest BCUT2D eigenvalue weighted by Crippen LogP contribution is 2.66. The van der Waals surface area contributed by atoms with Crippen molar-refractivity contribution in [1.82, 2.24) is 14.7 Å². The Morgan fingerprint density at radius 2 is 1.55 bits per heavy atom. The molecule has 1 saturated carbocycles. The molecule has 5 aliphatic rings. The fourth-order valence-corrected chi connectivity index (χ4v) is 10.2. The van der Waals surface area contributed by atoms with Gasteiger partial charge in [0.1, 0.15) is 5.75 Å². The molecule has 3 aliphatic heterocycles. The van der Waals surface area contributed by atoms with Crippen LogP contribution in [0.1, 0.15) is 42.7 Å². The van der Waals surface area contributed by atoms with E-state index in [1.54, 1.807) is 12.1 Å². The highest BCUT2D eigenvalue weighted by Gasteiger charge is 2.76. The van der Waals surface area contributed by atoms with Crippen molar-refractivity contribution in [2.45, 2.75) is 53.9 Å². The molecule has 8 nitrogen and oxygen atoms in total. The predicted octanol–water partition coefficient (Wildman–Crippen LogP) is 5.20. The third-order valence-corrected chi connectivity index (χ3v) is 12.9. The van der Waals surface area contributed by atoms with E-state index in [1.165, 1.54) is 17.5 Å². The predicted molar refractivity (Wildman–Crippen MR) is 178 cm³/mol. The van der Waals surface area contributed by atoms with Crippen molar-refractivity contribution in [3.8, 4) is 5.75 Å². The Morgan fingerprint density at radius 3 is 2.30 bits per heavy atom. The molecule has 8 rings (SSSR count). The Hall–Kier alpha value is -3.72. The van der Waals surface area contributed by atoms with Crippen LogP contribution in [0.4, 0.5) is 0 Å². The second-order valence-electron chi connectivity index (χ2n) is 13.8. The number of allylic oxidation sites excluding steroid dienone is 2. The van der Waals surface area contributed by atoms with Crippen LogP contribution in [0.2, 0.25) is 0 Å². The largest absolute Gasteiger partial charge is 0.507 e. The molecule has 6 atom stereocenters. The Morgan fingerprint density at radius 1 is 0.851 bits per heavy atom. The quantitative estimate of drug-likeness (QED) is 0.233. The van der Waals surface area contributed by atoms with Crippen molar-refractivity contribution in [3.63, 3.8) is 0 Å². The lowest BCUT2D eigenvalue weighted by Crippen LogP contribution is -2.60. The van der Waals surface area contributed by atoms with Crippen molar-refractivity contribution in [1.29, 1.82) is 0 Å². The van der Waals surface area contributed by atoms with E-state index < -0.39 is 45.2 Å². The molecule has 3 saturated heterocycles. The molecule has 2 aliphatic carbocycles. The molecule has 0 bridgehead atoms. The summed E-state index contributed by atoms with van der Waals surface area (Å²) in [5.74, 6) is -4.69. The van der Waals surface area contributed by atoms with Crippen LogP contribution in [0.5, 0.6) is 5.75 Å². The molecule has 47 heavy (non-hydrogen) atoms. The van der Waals surface area contributed by atoms with Gasteiger partial charge in [-0.15, -0.1) is 23.2 Å². The molecule has 0 aromatic heterocycles. The molecule has 0 radical (unpaired) electrons. The Bertz CT molecular complexity index is 1870. The number of nitrogens with zero attached hydrogens (tertiary/aromatic N) is 3. The number of hydrogen-bond acceptors (Lipinski definition) is 6. The second kappa shape index (κ2) is 10.9. The minimum Gasteiger partial charge on any atom is -0.507 e. The molecule has 0 unspecified atom stereocenters. The minimum absolute atomic E-state index is 0.0525. The molecular weight excluding hydrogens is 637 g/mol. The SMILES string of the molecule is CN1C(=O)[C@]2(Cl)C[C@@H]3C(=CC[C@@H]4C(=O)N(C5CCN(Cc6ccccc6)CC5)C(=O)[C@@H]43)[C@H](c3ccc4ccccc4c3O)[C@]2(Cl)C1=O.